The van der Waals surface area contributed by atoms with Crippen LogP contribution in [0.1, 0.15) is 35.7 Å². The predicted octanol–water partition coefficient (Wildman–Crippen LogP) is 3.73. The van der Waals surface area contributed by atoms with Crippen LogP contribution in [-0.2, 0) is 13.5 Å². The van der Waals surface area contributed by atoms with Crippen LogP contribution >= 0.6 is 22.9 Å². The summed E-state index contributed by atoms with van der Waals surface area (Å²) >= 11 is 7.70. The van der Waals surface area contributed by atoms with Gasteiger partial charge < -0.3 is 5.32 Å². The zero-order valence-electron chi connectivity index (χ0n) is 11.6. The summed E-state index contributed by atoms with van der Waals surface area (Å²) in [5.74, 6) is 0. The molecule has 0 aliphatic rings. The molecule has 0 saturated heterocycles. The maximum Gasteiger partial charge on any atom is 0.0931 e. The number of thiophene rings is 1. The molecule has 0 aliphatic heterocycles. The smallest absolute Gasteiger partial charge is 0.0931 e. The summed E-state index contributed by atoms with van der Waals surface area (Å²) in [6, 6.07) is 6.54. The Morgan fingerprint density at radius 2 is 2.26 bits per heavy atom. The fraction of sp³-hybridized carbons (Fsp3) is 0.500. The van der Waals surface area contributed by atoms with Crippen LogP contribution in [0.15, 0.2) is 18.2 Å². The van der Waals surface area contributed by atoms with E-state index in [-0.39, 0.29) is 0 Å². The Bertz CT molecular complexity index is 533. The fourth-order valence-electron chi connectivity index (χ4n) is 2.17. The van der Waals surface area contributed by atoms with Gasteiger partial charge in [0.2, 0.25) is 0 Å². The van der Waals surface area contributed by atoms with Crippen molar-refractivity contribution < 1.29 is 0 Å². The van der Waals surface area contributed by atoms with E-state index >= 15 is 0 Å². The van der Waals surface area contributed by atoms with Gasteiger partial charge in [-0.3, -0.25) is 4.68 Å². The summed E-state index contributed by atoms with van der Waals surface area (Å²) in [5, 5.41) is 8.00. The molecule has 2 rings (SSSR count). The topological polar surface area (TPSA) is 29.9 Å². The van der Waals surface area contributed by atoms with Crippen molar-refractivity contribution in [1.82, 2.24) is 15.1 Å². The lowest BCUT2D eigenvalue weighted by Crippen LogP contribution is -2.24. The first-order valence-corrected chi connectivity index (χ1v) is 7.77. The van der Waals surface area contributed by atoms with E-state index in [0.29, 0.717) is 6.04 Å². The van der Waals surface area contributed by atoms with E-state index < -0.39 is 0 Å². The van der Waals surface area contributed by atoms with Gasteiger partial charge >= 0.3 is 0 Å². The van der Waals surface area contributed by atoms with Crippen LogP contribution in [0.2, 0.25) is 4.34 Å². The molecule has 0 saturated carbocycles. The van der Waals surface area contributed by atoms with Gasteiger partial charge in [0.05, 0.1) is 10.0 Å². The number of hydrogen-bond acceptors (Lipinski definition) is 3. The lowest BCUT2D eigenvalue weighted by atomic mass is 10.1. The van der Waals surface area contributed by atoms with Crippen molar-refractivity contribution in [2.45, 2.75) is 32.7 Å². The van der Waals surface area contributed by atoms with Gasteiger partial charge in [-0.25, -0.2) is 0 Å². The average molecular weight is 298 g/mol. The van der Waals surface area contributed by atoms with Crippen molar-refractivity contribution in [3.05, 3.63) is 38.8 Å². The van der Waals surface area contributed by atoms with E-state index in [1.165, 1.54) is 10.6 Å². The highest BCUT2D eigenvalue weighted by Gasteiger charge is 2.16. The molecule has 1 N–H and O–H groups in total. The highest BCUT2D eigenvalue weighted by atomic mass is 35.5. The minimum Gasteiger partial charge on any atom is -0.309 e. The van der Waals surface area contributed by atoms with E-state index in [9.17, 15) is 0 Å². The highest BCUT2D eigenvalue weighted by Crippen LogP contribution is 2.29. The molecule has 2 heterocycles. The normalized spacial score (nSPS) is 12.8. The Morgan fingerprint density at radius 3 is 2.79 bits per heavy atom. The minimum absolute atomic E-state index is 0.312. The van der Waals surface area contributed by atoms with E-state index in [2.05, 4.69) is 29.5 Å². The van der Waals surface area contributed by atoms with E-state index in [0.717, 1.165) is 29.4 Å². The molecule has 0 aromatic carbocycles. The van der Waals surface area contributed by atoms with Crippen LogP contribution in [0.3, 0.4) is 0 Å². The predicted molar refractivity (Wildman–Crippen MR) is 82.0 cm³/mol. The number of halogens is 1. The molecular weight excluding hydrogens is 278 g/mol. The first kappa shape index (κ1) is 14.6. The summed E-state index contributed by atoms with van der Waals surface area (Å²) in [4.78, 5) is 1.29. The second-order valence-electron chi connectivity index (χ2n) is 4.75. The zero-order chi connectivity index (χ0) is 13.8. The van der Waals surface area contributed by atoms with E-state index in [4.69, 9.17) is 11.6 Å². The Labute approximate surface area is 123 Å². The second-order valence-corrected chi connectivity index (χ2v) is 6.50. The molecule has 3 nitrogen and oxygen atoms in total. The van der Waals surface area contributed by atoms with Gasteiger partial charge in [-0.15, -0.1) is 11.3 Å². The number of nitrogens with one attached hydrogen (secondary N) is 1. The van der Waals surface area contributed by atoms with Crippen LogP contribution < -0.4 is 5.32 Å². The molecule has 104 valence electrons. The SMILES string of the molecule is CCCNC(Cc1cc(C)nn1C)c1ccc(Cl)s1. The van der Waals surface area contributed by atoms with Gasteiger partial charge in [0.25, 0.3) is 0 Å². The molecule has 1 atom stereocenters. The molecule has 5 heteroatoms. The standard InChI is InChI=1S/C14H20ClN3S/c1-4-7-16-12(13-5-6-14(15)19-13)9-11-8-10(2)17-18(11)3/h5-6,8,12,16H,4,7,9H2,1-3H3. The van der Waals surface area contributed by atoms with Crippen molar-refractivity contribution in [3.63, 3.8) is 0 Å². The largest absolute Gasteiger partial charge is 0.309 e. The Kier molecular flexibility index (Phi) is 5.02. The molecule has 0 fully saturated rings. The third-order valence-electron chi connectivity index (χ3n) is 3.09. The van der Waals surface area contributed by atoms with Gasteiger partial charge in [0.1, 0.15) is 0 Å². The number of rotatable bonds is 6. The average Bonchev–Trinajstić information content (AvgIpc) is 2.91. The number of aryl methyl sites for hydroxylation is 2. The van der Waals surface area contributed by atoms with Gasteiger partial charge in [-0.05, 0) is 38.1 Å². The highest BCUT2D eigenvalue weighted by molar-refractivity contribution is 7.16. The Morgan fingerprint density at radius 1 is 1.47 bits per heavy atom. The maximum absolute atomic E-state index is 6.05. The first-order chi connectivity index (χ1) is 9.10. The molecule has 0 aliphatic carbocycles. The van der Waals surface area contributed by atoms with Crippen LogP contribution in [-0.4, -0.2) is 16.3 Å². The molecule has 0 radical (unpaired) electrons. The summed E-state index contributed by atoms with van der Waals surface area (Å²) in [5.41, 5.74) is 2.31. The van der Waals surface area contributed by atoms with Crippen molar-refractivity contribution >= 4 is 22.9 Å². The minimum atomic E-state index is 0.312. The summed E-state index contributed by atoms with van der Waals surface area (Å²) in [7, 11) is 2.00. The quantitative estimate of drug-likeness (QED) is 0.880. The van der Waals surface area contributed by atoms with Gasteiger partial charge in [-0.2, -0.15) is 5.10 Å². The van der Waals surface area contributed by atoms with Crippen LogP contribution in [0.25, 0.3) is 0 Å². The van der Waals surface area contributed by atoms with E-state index in [1.807, 2.05) is 24.7 Å². The van der Waals surface area contributed by atoms with Crippen LogP contribution in [0, 0.1) is 6.92 Å². The van der Waals surface area contributed by atoms with Gasteiger partial charge in [0, 0.05) is 30.1 Å². The number of aromatic nitrogens is 2. The van der Waals surface area contributed by atoms with Gasteiger partial charge in [-0.1, -0.05) is 18.5 Å². The summed E-state index contributed by atoms with van der Waals surface area (Å²) in [6.07, 6.45) is 2.06. The zero-order valence-corrected chi connectivity index (χ0v) is 13.2. The molecule has 0 spiro atoms. The third-order valence-corrected chi connectivity index (χ3v) is 4.44. The molecule has 19 heavy (non-hydrogen) atoms. The number of nitrogens with zero attached hydrogens (tertiary/aromatic N) is 2. The molecule has 2 aromatic rings. The van der Waals surface area contributed by atoms with Crippen LogP contribution in [0.5, 0.6) is 0 Å². The van der Waals surface area contributed by atoms with E-state index in [1.54, 1.807) is 11.3 Å². The van der Waals surface area contributed by atoms with Crippen molar-refractivity contribution in [3.8, 4) is 0 Å². The molecule has 2 aromatic heterocycles. The molecule has 0 amide bonds. The molecule has 0 bridgehead atoms. The second kappa shape index (κ2) is 6.55. The number of hydrogen-bond donors (Lipinski definition) is 1. The molecular formula is C14H20ClN3S. The van der Waals surface area contributed by atoms with Crippen molar-refractivity contribution in [2.75, 3.05) is 6.54 Å². The molecule has 1 unspecified atom stereocenters. The third kappa shape index (κ3) is 3.81. The van der Waals surface area contributed by atoms with Crippen molar-refractivity contribution in [1.29, 1.82) is 0 Å². The fourth-order valence-corrected chi connectivity index (χ4v) is 3.31. The lowest BCUT2D eigenvalue weighted by Gasteiger charge is -2.17. The Balaban J connectivity index is 2.16. The van der Waals surface area contributed by atoms with Crippen LogP contribution in [0.4, 0.5) is 0 Å². The Hall–Kier alpha value is -0.840. The lowest BCUT2D eigenvalue weighted by molar-refractivity contribution is 0.519. The maximum atomic E-state index is 6.05. The monoisotopic (exact) mass is 297 g/mol. The summed E-state index contributed by atoms with van der Waals surface area (Å²) in [6.45, 7) is 5.22. The van der Waals surface area contributed by atoms with Crippen molar-refractivity contribution in [2.24, 2.45) is 7.05 Å². The van der Waals surface area contributed by atoms with Gasteiger partial charge in [0.15, 0.2) is 0 Å². The summed E-state index contributed by atoms with van der Waals surface area (Å²) < 4.78 is 2.81. The first-order valence-electron chi connectivity index (χ1n) is 6.58.